The molecule has 4 saturated carbocycles. The number of ether oxygens (including phenoxy) is 2. The molecule has 0 bridgehead atoms. The Kier molecular flexibility index (Phi) is 3.95. The van der Waals surface area contributed by atoms with Gasteiger partial charge in [-0.3, -0.25) is 4.79 Å². The zero-order chi connectivity index (χ0) is 20.7. The molecule has 1 spiro atoms. The monoisotopic (exact) mass is 412 g/mol. The van der Waals surface area contributed by atoms with Crippen molar-refractivity contribution in [3.05, 3.63) is 34.4 Å². The van der Waals surface area contributed by atoms with Gasteiger partial charge in [0, 0.05) is 11.5 Å². The first-order chi connectivity index (χ1) is 14.4. The maximum Gasteiger partial charge on any atom is 0.335 e. The number of rotatable bonds is 3. The van der Waals surface area contributed by atoms with E-state index in [1.54, 1.807) is 12.3 Å². The molecular formula is C25H32O5. The van der Waals surface area contributed by atoms with Crippen molar-refractivity contribution in [2.75, 3.05) is 0 Å². The van der Waals surface area contributed by atoms with Crippen LogP contribution in [0, 0.1) is 28.6 Å². The van der Waals surface area contributed by atoms with E-state index in [1.807, 2.05) is 6.07 Å². The summed E-state index contributed by atoms with van der Waals surface area (Å²) in [6.07, 6.45) is 11.2. The summed E-state index contributed by atoms with van der Waals surface area (Å²) in [5.74, 6) is 2.37. The number of carbonyl (C=O) groups excluding carboxylic acids is 1. The van der Waals surface area contributed by atoms with Crippen LogP contribution < -0.4 is 5.63 Å². The van der Waals surface area contributed by atoms with Crippen LogP contribution in [0.2, 0.25) is 0 Å². The van der Waals surface area contributed by atoms with E-state index in [0.29, 0.717) is 41.7 Å². The molecule has 30 heavy (non-hydrogen) atoms. The highest BCUT2D eigenvalue weighted by atomic mass is 16.6. The quantitative estimate of drug-likeness (QED) is 0.542. The van der Waals surface area contributed by atoms with Gasteiger partial charge in [-0.1, -0.05) is 13.8 Å². The molecule has 5 fully saturated rings. The van der Waals surface area contributed by atoms with Gasteiger partial charge in [0.25, 0.3) is 6.47 Å². The van der Waals surface area contributed by atoms with Crippen molar-refractivity contribution in [1.29, 1.82) is 0 Å². The highest BCUT2D eigenvalue weighted by Gasteiger charge is 2.80. The lowest BCUT2D eigenvalue weighted by atomic mass is 9.44. The Balaban J connectivity index is 1.30. The molecule has 162 valence electrons. The van der Waals surface area contributed by atoms with Gasteiger partial charge in [0.05, 0.1) is 12.4 Å². The van der Waals surface area contributed by atoms with Gasteiger partial charge in [0.2, 0.25) is 0 Å². The van der Waals surface area contributed by atoms with E-state index in [4.69, 9.17) is 13.9 Å². The van der Waals surface area contributed by atoms with Gasteiger partial charge in [0.1, 0.15) is 11.7 Å². The van der Waals surface area contributed by atoms with Crippen molar-refractivity contribution in [1.82, 2.24) is 0 Å². The van der Waals surface area contributed by atoms with Crippen LogP contribution in [-0.2, 0) is 14.3 Å². The van der Waals surface area contributed by atoms with Gasteiger partial charge in [-0.05, 0) is 92.1 Å². The van der Waals surface area contributed by atoms with Crippen molar-refractivity contribution >= 4 is 6.47 Å². The van der Waals surface area contributed by atoms with Gasteiger partial charge < -0.3 is 13.9 Å². The summed E-state index contributed by atoms with van der Waals surface area (Å²) in [7, 11) is 0. The third kappa shape index (κ3) is 2.28. The molecule has 5 heteroatoms. The van der Waals surface area contributed by atoms with Crippen LogP contribution in [0.1, 0.15) is 76.7 Å². The molecule has 5 aliphatic rings. The fourth-order valence-electron chi connectivity index (χ4n) is 8.92. The summed E-state index contributed by atoms with van der Waals surface area (Å²) in [5.41, 5.74) is 1.33. The molecule has 0 unspecified atom stereocenters. The molecule has 4 aliphatic carbocycles. The first-order valence-corrected chi connectivity index (χ1v) is 11.8. The van der Waals surface area contributed by atoms with E-state index in [-0.39, 0.29) is 22.7 Å². The summed E-state index contributed by atoms with van der Waals surface area (Å²) in [6.45, 7) is 5.59. The molecule has 1 aromatic heterocycles. The smallest absolute Gasteiger partial charge is 0.335 e. The normalized spacial score (nSPS) is 51.1. The Morgan fingerprint density at radius 1 is 1.07 bits per heavy atom. The molecule has 1 aliphatic heterocycles. The van der Waals surface area contributed by atoms with Crippen LogP contribution in [0.5, 0.6) is 0 Å². The van der Waals surface area contributed by atoms with Crippen molar-refractivity contribution < 1.29 is 18.7 Å². The lowest BCUT2D eigenvalue weighted by Crippen LogP contribution is -2.58. The summed E-state index contributed by atoms with van der Waals surface area (Å²) in [4.78, 5) is 22.3. The molecule has 9 atom stereocenters. The van der Waals surface area contributed by atoms with Crippen molar-refractivity contribution in [3.8, 4) is 0 Å². The highest BCUT2D eigenvalue weighted by molar-refractivity contribution is 5.38. The van der Waals surface area contributed by atoms with Gasteiger partial charge >= 0.3 is 5.63 Å². The predicted octanol–water partition coefficient (Wildman–Crippen LogP) is 4.44. The lowest BCUT2D eigenvalue weighted by molar-refractivity contribution is -0.154. The minimum atomic E-state index is -0.276. The number of hydrogen-bond acceptors (Lipinski definition) is 5. The molecule has 0 radical (unpaired) electrons. The van der Waals surface area contributed by atoms with Crippen molar-refractivity contribution in [3.63, 3.8) is 0 Å². The van der Waals surface area contributed by atoms with Crippen LogP contribution in [0.25, 0.3) is 0 Å². The second kappa shape index (κ2) is 6.21. The van der Waals surface area contributed by atoms with Gasteiger partial charge in [-0.15, -0.1) is 0 Å². The van der Waals surface area contributed by atoms with Crippen LogP contribution in [0.4, 0.5) is 0 Å². The maximum atomic E-state index is 11.5. The minimum Gasteiger partial charge on any atom is -0.465 e. The van der Waals surface area contributed by atoms with Crippen LogP contribution in [0.15, 0.2) is 27.6 Å². The standard InChI is InChI=1S/C25H32O5/c1-23-9-7-17(29-14-26)11-16(23)4-5-19-18(23)8-10-24(2)20(12-21-25(19,24)30-21)15-3-6-22(27)28-13-15/h3,6,13-14,16-21H,4-5,7-12H2,1-2H3/t16-,17+,18+,19-,20-,21+,23+,24-,25+/m1/s1. The lowest BCUT2D eigenvalue weighted by Gasteiger charge is -2.61. The Labute approximate surface area is 177 Å². The van der Waals surface area contributed by atoms with Crippen molar-refractivity contribution in [2.24, 2.45) is 28.6 Å². The minimum absolute atomic E-state index is 0.000838. The first kappa shape index (κ1) is 19.1. The fraction of sp³-hybridized carbons (Fsp3) is 0.760. The Morgan fingerprint density at radius 2 is 1.93 bits per heavy atom. The molecule has 0 N–H and O–H groups in total. The average Bonchev–Trinajstić information content (AvgIpc) is 3.39. The summed E-state index contributed by atoms with van der Waals surface area (Å²) >= 11 is 0. The second-order valence-electron chi connectivity index (χ2n) is 11.2. The first-order valence-electron chi connectivity index (χ1n) is 11.8. The molecule has 0 amide bonds. The van der Waals surface area contributed by atoms with Gasteiger partial charge in [0.15, 0.2) is 0 Å². The Bertz CT molecular complexity index is 904. The number of carbonyl (C=O) groups is 1. The fourth-order valence-corrected chi connectivity index (χ4v) is 8.92. The van der Waals surface area contributed by atoms with E-state index in [9.17, 15) is 9.59 Å². The van der Waals surface area contributed by atoms with Crippen molar-refractivity contribution in [2.45, 2.75) is 88.9 Å². The zero-order valence-electron chi connectivity index (χ0n) is 18.0. The number of hydrogen-bond donors (Lipinski definition) is 0. The SMILES string of the molecule is C[C@]12CC[C@H](OC=O)C[C@H]1CC[C@@H]1[C@@H]2CC[C@]2(C)[C@@H](c3ccc(=O)oc3)C[C@@H]3O[C@]312. The van der Waals surface area contributed by atoms with E-state index in [0.717, 1.165) is 31.2 Å². The van der Waals surface area contributed by atoms with Crippen LogP contribution in [0.3, 0.4) is 0 Å². The molecule has 6 rings (SSSR count). The van der Waals surface area contributed by atoms with Gasteiger partial charge in [-0.2, -0.15) is 0 Å². The third-order valence-corrected chi connectivity index (χ3v) is 10.4. The third-order valence-electron chi connectivity index (χ3n) is 10.4. The summed E-state index contributed by atoms with van der Waals surface area (Å²) < 4.78 is 17.2. The molecule has 2 heterocycles. The maximum absolute atomic E-state index is 11.5. The summed E-state index contributed by atoms with van der Waals surface area (Å²) in [6, 6.07) is 3.53. The molecule has 1 saturated heterocycles. The van der Waals surface area contributed by atoms with Crippen LogP contribution >= 0.6 is 0 Å². The highest BCUT2D eigenvalue weighted by Crippen LogP contribution is 2.77. The Hall–Kier alpha value is -1.62. The molecule has 0 aromatic carbocycles. The summed E-state index contributed by atoms with van der Waals surface area (Å²) in [5, 5.41) is 0. The molecule has 5 nitrogen and oxygen atoms in total. The number of fused-ring (bicyclic) bond motifs is 3. The second-order valence-corrected chi connectivity index (χ2v) is 11.2. The van der Waals surface area contributed by atoms with E-state index < -0.39 is 0 Å². The van der Waals surface area contributed by atoms with E-state index in [1.165, 1.54) is 25.7 Å². The van der Waals surface area contributed by atoms with E-state index in [2.05, 4.69) is 13.8 Å². The molecular weight excluding hydrogens is 380 g/mol. The number of epoxide rings is 1. The molecule has 1 aromatic rings. The van der Waals surface area contributed by atoms with E-state index >= 15 is 0 Å². The Morgan fingerprint density at radius 3 is 2.70 bits per heavy atom. The largest absolute Gasteiger partial charge is 0.465 e. The topological polar surface area (TPSA) is 69.0 Å². The predicted molar refractivity (Wildman–Crippen MR) is 110 cm³/mol. The average molecular weight is 413 g/mol. The zero-order valence-corrected chi connectivity index (χ0v) is 18.0. The van der Waals surface area contributed by atoms with Gasteiger partial charge in [-0.25, -0.2) is 4.79 Å². The van der Waals surface area contributed by atoms with Crippen LogP contribution in [-0.4, -0.2) is 24.3 Å².